The minimum atomic E-state index is 0.0564. The molecule has 1 aliphatic heterocycles. The summed E-state index contributed by atoms with van der Waals surface area (Å²) < 4.78 is 2.10. The minimum Gasteiger partial charge on any atom is -0.508 e. The van der Waals surface area contributed by atoms with Gasteiger partial charge in [-0.25, -0.2) is 4.68 Å². The first kappa shape index (κ1) is 18.3. The van der Waals surface area contributed by atoms with E-state index in [1.54, 1.807) is 12.1 Å². The van der Waals surface area contributed by atoms with E-state index in [4.69, 9.17) is 0 Å². The zero-order valence-electron chi connectivity index (χ0n) is 16.7. The predicted molar refractivity (Wildman–Crippen MR) is 110 cm³/mol. The molecule has 6 nitrogen and oxygen atoms in total. The van der Waals surface area contributed by atoms with Crippen LogP contribution in [0.1, 0.15) is 66.7 Å². The van der Waals surface area contributed by atoms with E-state index in [9.17, 15) is 5.11 Å². The van der Waals surface area contributed by atoms with Crippen LogP contribution in [-0.4, -0.2) is 31.9 Å². The van der Waals surface area contributed by atoms with E-state index < -0.39 is 0 Å². The quantitative estimate of drug-likeness (QED) is 0.719. The van der Waals surface area contributed by atoms with E-state index in [2.05, 4.69) is 44.5 Å². The highest BCUT2D eigenvalue weighted by Crippen LogP contribution is 2.30. The SMILES string of the molecule is Oc1ccc([C@@H](c2nnnn2C2CCCCC2)[NH+]2CCc3ccccc3C2)cc1. The summed E-state index contributed by atoms with van der Waals surface area (Å²) in [7, 11) is 0. The number of rotatable bonds is 4. The van der Waals surface area contributed by atoms with Gasteiger partial charge in [-0.15, -0.1) is 5.10 Å². The number of fused-ring (bicyclic) bond motifs is 1. The standard InChI is InChI=1S/C23H27N5O/c29-21-12-10-18(11-13-21)22(27-15-14-17-6-4-5-7-19(17)16-27)23-24-25-26-28(23)20-8-2-1-3-9-20/h4-7,10-13,20,22,29H,1-3,8-9,14-16H2/p+1/t22-/m0/s1. The molecule has 2 N–H and O–H groups in total. The first-order chi connectivity index (χ1) is 14.3. The summed E-state index contributed by atoms with van der Waals surface area (Å²) >= 11 is 0. The number of phenols is 1. The van der Waals surface area contributed by atoms with Gasteiger partial charge in [0, 0.05) is 17.5 Å². The van der Waals surface area contributed by atoms with Gasteiger partial charge < -0.3 is 10.0 Å². The third-order valence-corrected chi connectivity index (χ3v) is 6.58. The molecular formula is C23H28N5O+. The lowest BCUT2D eigenvalue weighted by atomic mass is 9.94. The monoisotopic (exact) mass is 390 g/mol. The largest absolute Gasteiger partial charge is 0.508 e. The number of nitrogens with zero attached hydrogens (tertiary/aromatic N) is 4. The summed E-state index contributed by atoms with van der Waals surface area (Å²) in [5.41, 5.74) is 4.02. The Hall–Kier alpha value is -2.73. The van der Waals surface area contributed by atoms with Crippen LogP contribution in [0.4, 0.5) is 0 Å². The number of nitrogens with one attached hydrogen (secondary N) is 1. The Balaban J connectivity index is 1.54. The lowest BCUT2D eigenvalue weighted by molar-refractivity contribution is -0.941. The second-order valence-corrected chi connectivity index (χ2v) is 8.40. The molecule has 1 saturated carbocycles. The van der Waals surface area contributed by atoms with Gasteiger partial charge in [0.25, 0.3) is 0 Å². The normalized spacial score (nSPS) is 20.9. The molecule has 1 unspecified atom stereocenters. The Morgan fingerprint density at radius 1 is 0.966 bits per heavy atom. The molecule has 0 bridgehead atoms. The fraction of sp³-hybridized carbons (Fsp3) is 0.435. The highest BCUT2D eigenvalue weighted by molar-refractivity contribution is 5.31. The predicted octanol–water partition coefficient (Wildman–Crippen LogP) is 2.61. The van der Waals surface area contributed by atoms with Gasteiger partial charge in [-0.2, -0.15) is 0 Å². The molecule has 3 aromatic rings. The highest BCUT2D eigenvalue weighted by atomic mass is 16.3. The Morgan fingerprint density at radius 3 is 2.52 bits per heavy atom. The molecule has 2 aliphatic rings. The maximum Gasteiger partial charge on any atom is 0.214 e. The topological polar surface area (TPSA) is 68.3 Å². The van der Waals surface area contributed by atoms with E-state index in [1.807, 2.05) is 12.1 Å². The molecule has 1 aliphatic carbocycles. The Kier molecular flexibility index (Phi) is 5.02. The lowest BCUT2D eigenvalue weighted by Crippen LogP contribution is -3.12. The first-order valence-electron chi connectivity index (χ1n) is 10.8. The summed E-state index contributed by atoms with van der Waals surface area (Å²) in [5.74, 6) is 1.25. The van der Waals surface area contributed by atoms with Crippen LogP contribution in [0, 0.1) is 0 Å². The zero-order valence-corrected chi connectivity index (χ0v) is 16.7. The maximum atomic E-state index is 9.82. The number of hydrogen-bond acceptors (Lipinski definition) is 4. The van der Waals surface area contributed by atoms with Crippen LogP contribution in [0.5, 0.6) is 5.75 Å². The van der Waals surface area contributed by atoms with Gasteiger partial charge in [0.15, 0.2) is 6.04 Å². The molecule has 2 heterocycles. The first-order valence-corrected chi connectivity index (χ1v) is 10.8. The fourth-order valence-corrected chi connectivity index (χ4v) is 5.06. The molecular weight excluding hydrogens is 362 g/mol. The van der Waals surface area contributed by atoms with Gasteiger partial charge >= 0.3 is 0 Å². The molecule has 1 fully saturated rings. The number of benzene rings is 2. The van der Waals surface area contributed by atoms with Crippen molar-refractivity contribution in [3.63, 3.8) is 0 Å². The van der Waals surface area contributed by atoms with Crippen LogP contribution in [0.25, 0.3) is 0 Å². The highest BCUT2D eigenvalue weighted by Gasteiger charge is 2.35. The minimum absolute atomic E-state index is 0.0564. The van der Waals surface area contributed by atoms with E-state index >= 15 is 0 Å². The van der Waals surface area contributed by atoms with Crippen LogP contribution >= 0.6 is 0 Å². The number of hydrogen-bond donors (Lipinski definition) is 2. The average Bonchev–Trinajstić information content (AvgIpc) is 3.25. The molecule has 2 atom stereocenters. The van der Waals surface area contributed by atoms with Crippen molar-refractivity contribution in [3.05, 3.63) is 71.0 Å². The molecule has 2 aromatic carbocycles. The Morgan fingerprint density at radius 2 is 1.72 bits per heavy atom. The molecule has 29 heavy (non-hydrogen) atoms. The Labute approximate surface area is 171 Å². The van der Waals surface area contributed by atoms with Crippen LogP contribution in [0.15, 0.2) is 48.5 Å². The number of aromatic nitrogens is 4. The van der Waals surface area contributed by atoms with Crippen molar-refractivity contribution in [2.45, 2.75) is 57.2 Å². The van der Waals surface area contributed by atoms with Gasteiger partial charge in [-0.3, -0.25) is 0 Å². The molecule has 6 heteroatoms. The van der Waals surface area contributed by atoms with Gasteiger partial charge in [-0.05, 0) is 53.1 Å². The molecule has 0 radical (unpaired) electrons. The average molecular weight is 391 g/mol. The van der Waals surface area contributed by atoms with E-state index in [1.165, 1.54) is 35.3 Å². The number of aromatic hydroxyl groups is 1. The summed E-state index contributed by atoms with van der Waals surface area (Å²) in [6.07, 6.45) is 7.17. The molecule has 1 aromatic heterocycles. The number of phenolic OH excluding ortho intramolecular Hbond substituents is 1. The van der Waals surface area contributed by atoms with Gasteiger partial charge in [0.1, 0.15) is 12.3 Å². The Bertz CT molecular complexity index is 961. The molecule has 150 valence electrons. The van der Waals surface area contributed by atoms with Crippen molar-refractivity contribution in [2.24, 2.45) is 0 Å². The van der Waals surface area contributed by atoms with Crippen LogP contribution in [-0.2, 0) is 13.0 Å². The second-order valence-electron chi connectivity index (χ2n) is 8.40. The zero-order chi connectivity index (χ0) is 19.6. The number of quaternary nitrogens is 1. The maximum absolute atomic E-state index is 9.82. The lowest BCUT2D eigenvalue weighted by Gasteiger charge is -2.33. The number of tetrazole rings is 1. The molecule has 5 rings (SSSR count). The summed E-state index contributed by atoms with van der Waals surface area (Å²) in [4.78, 5) is 1.46. The molecule has 0 saturated heterocycles. The van der Waals surface area contributed by atoms with E-state index in [0.717, 1.165) is 43.7 Å². The van der Waals surface area contributed by atoms with Crippen molar-refractivity contribution < 1.29 is 10.0 Å². The van der Waals surface area contributed by atoms with Crippen LogP contribution in [0.2, 0.25) is 0 Å². The van der Waals surface area contributed by atoms with Crippen LogP contribution < -0.4 is 4.90 Å². The fourth-order valence-electron chi connectivity index (χ4n) is 5.06. The van der Waals surface area contributed by atoms with Crippen molar-refractivity contribution >= 4 is 0 Å². The van der Waals surface area contributed by atoms with Crippen molar-refractivity contribution in [2.75, 3.05) is 6.54 Å². The third-order valence-electron chi connectivity index (χ3n) is 6.58. The molecule has 0 amide bonds. The van der Waals surface area contributed by atoms with Gasteiger partial charge in [0.2, 0.25) is 5.82 Å². The van der Waals surface area contributed by atoms with Crippen molar-refractivity contribution in [3.8, 4) is 5.75 Å². The summed E-state index contributed by atoms with van der Waals surface area (Å²) in [6.45, 7) is 2.00. The summed E-state index contributed by atoms with van der Waals surface area (Å²) in [6, 6.07) is 16.8. The van der Waals surface area contributed by atoms with Gasteiger partial charge in [-0.1, -0.05) is 43.5 Å². The third kappa shape index (κ3) is 3.65. The summed E-state index contributed by atoms with van der Waals surface area (Å²) in [5, 5.41) is 22.9. The van der Waals surface area contributed by atoms with Crippen molar-refractivity contribution in [1.29, 1.82) is 0 Å². The van der Waals surface area contributed by atoms with Crippen LogP contribution in [0.3, 0.4) is 0 Å². The van der Waals surface area contributed by atoms with E-state index in [0.29, 0.717) is 11.8 Å². The van der Waals surface area contributed by atoms with Crippen molar-refractivity contribution in [1.82, 2.24) is 20.2 Å². The van der Waals surface area contributed by atoms with E-state index in [-0.39, 0.29) is 6.04 Å². The second kappa shape index (κ2) is 7.95. The van der Waals surface area contributed by atoms with Gasteiger partial charge in [0.05, 0.1) is 12.6 Å². The smallest absolute Gasteiger partial charge is 0.214 e. The molecule has 0 spiro atoms.